The SMILES string of the molecule is C=C1C[C@H]2[C@@H]3CCC4=CC(=O)CC[C@@H]4[C@H]3CC[C@]2(CC)C1. The third-order valence-corrected chi connectivity index (χ3v) is 7.45. The van der Waals surface area contributed by atoms with Gasteiger partial charge in [-0.1, -0.05) is 24.6 Å². The Bertz CT molecular complexity index is 514. The lowest BCUT2D eigenvalue weighted by Crippen LogP contribution is -2.45. The second-order valence-electron chi connectivity index (χ2n) is 8.19. The second-order valence-corrected chi connectivity index (χ2v) is 8.19. The Balaban J connectivity index is 1.64. The highest BCUT2D eigenvalue weighted by Crippen LogP contribution is 2.63. The summed E-state index contributed by atoms with van der Waals surface area (Å²) in [5.74, 6) is 3.80. The lowest BCUT2D eigenvalue weighted by molar-refractivity contribution is -0.116. The van der Waals surface area contributed by atoms with Crippen molar-refractivity contribution >= 4 is 5.78 Å². The predicted molar refractivity (Wildman–Crippen MR) is 85.9 cm³/mol. The first-order valence-electron chi connectivity index (χ1n) is 9.03. The Morgan fingerprint density at radius 3 is 2.90 bits per heavy atom. The zero-order valence-electron chi connectivity index (χ0n) is 13.4. The van der Waals surface area contributed by atoms with Crippen LogP contribution >= 0.6 is 0 Å². The first-order chi connectivity index (χ1) is 10.1. The number of carbonyl (C=O) groups is 1. The van der Waals surface area contributed by atoms with E-state index in [4.69, 9.17) is 0 Å². The third kappa shape index (κ3) is 1.99. The van der Waals surface area contributed by atoms with Crippen LogP contribution in [0.3, 0.4) is 0 Å². The Kier molecular flexibility index (Phi) is 3.17. The lowest BCUT2D eigenvalue weighted by atomic mass is 9.51. The highest BCUT2D eigenvalue weighted by atomic mass is 16.1. The summed E-state index contributed by atoms with van der Waals surface area (Å²) in [4.78, 5) is 11.7. The van der Waals surface area contributed by atoms with E-state index in [1.807, 2.05) is 6.08 Å². The molecule has 0 spiro atoms. The molecule has 0 unspecified atom stereocenters. The average Bonchev–Trinajstić information content (AvgIpc) is 2.83. The lowest BCUT2D eigenvalue weighted by Gasteiger charge is -2.53. The summed E-state index contributed by atoms with van der Waals surface area (Å²) in [5.41, 5.74) is 3.61. The molecule has 1 nitrogen and oxygen atoms in total. The largest absolute Gasteiger partial charge is 0.295 e. The van der Waals surface area contributed by atoms with Gasteiger partial charge in [0.15, 0.2) is 5.78 Å². The molecular formula is C20H28O. The maximum absolute atomic E-state index is 11.7. The van der Waals surface area contributed by atoms with Gasteiger partial charge in [-0.3, -0.25) is 4.79 Å². The van der Waals surface area contributed by atoms with Crippen molar-refractivity contribution in [2.75, 3.05) is 0 Å². The molecule has 4 rings (SSSR count). The van der Waals surface area contributed by atoms with Crippen LogP contribution in [-0.4, -0.2) is 5.78 Å². The van der Waals surface area contributed by atoms with Gasteiger partial charge in [-0.05, 0) is 86.5 Å². The smallest absolute Gasteiger partial charge is 0.155 e. The van der Waals surface area contributed by atoms with Crippen LogP contribution in [0.5, 0.6) is 0 Å². The monoisotopic (exact) mass is 284 g/mol. The number of allylic oxidation sites excluding steroid dienone is 2. The van der Waals surface area contributed by atoms with E-state index in [0.717, 1.165) is 36.5 Å². The molecule has 0 N–H and O–H groups in total. The summed E-state index contributed by atoms with van der Waals surface area (Å²) < 4.78 is 0. The number of fused-ring (bicyclic) bond motifs is 5. The molecule has 0 aromatic carbocycles. The van der Waals surface area contributed by atoms with Crippen LogP contribution in [-0.2, 0) is 4.79 Å². The Morgan fingerprint density at radius 2 is 2.10 bits per heavy atom. The maximum Gasteiger partial charge on any atom is 0.155 e. The van der Waals surface area contributed by atoms with E-state index in [2.05, 4.69) is 13.5 Å². The molecule has 21 heavy (non-hydrogen) atoms. The molecule has 3 saturated carbocycles. The van der Waals surface area contributed by atoms with E-state index in [1.165, 1.54) is 56.1 Å². The Morgan fingerprint density at radius 1 is 1.24 bits per heavy atom. The first kappa shape index (κ1) is 13.8. The van der Waals surface area contributed by atoms with Gasteiger partial charge in [-0.15, -0.1) is 0 Å². The zero-order valence-corrected chi connectivity index (χ0v) is 13.4. The van der Waals surface area contributed by atoms with Crippen molar-refractivity contribution in [3.05, 3.63) is 23.8 Å². The van der Waals surface area contributed by atoms with Gasteiger partial charge in [0.05, 0.1) is 0 Å². The molecule has 114 valence electrons. The average molecular weight is 284 g/mol. The summed E-state index contributed by atoms with van der Waals surface area (Å²) in [7, 11) is 0. The summed E-state index contributed by atoms with van der Waals surface area (Å²) in [6.07, 6.45) is 13.2. The quantitative estimate of drug-likeness (QED) is 0.614. The molecule has 4 aliphatic carbocycles. The molecule has 0 aromatic heterocycles. The van der Waals surface area contributed by atoms with Gasteiger partial charge in [0, 0.05) is 6.42 Å². The van der Waals surface area contributed by atoms with Crippen LogP contribution in [0.15, 0.2) is 23.8 Å². The molecule has 0 amide bonds. The van der Waals surface area contributed by atoms with Crippen molar-refractivity contribution in [2.24, 2.45) is 29.1 Å². The number of hydrogen-bond acceptors (Lipinski definition) is 1. The minimum Gasteiger partial charge on any atom is -0.295 e. The van der Waals surface area contributed by atoms with Crippen LogP contribution in [0.1, 0.15) is 64.7 Å². The van der Waals surface area contributed by atoms with Crippen molar-refractivity contribution in [3.63, 3.8) is 0 Å². The maximum atomic E-state index is 11.7. The van der Waals surface area contributed by atoms with Gasteiger partial charge >= 0.3 is 0 Å². The summed E-state index contributed by atoms with van der Waals surface area (Å²) in [6.45, 7) is 6.75. The summed E-state index contributed by atoms with van der Waals surface area (Å²) >= 11 is 0. The van der Waals surface area contributed by atoms with Gasteiger partial charge in [-0.2, -0.15) is 0 Å². The van der Waals surface area contributed by atoms with Crippen molar-refractivity contribution in [1.82, 2.24) is 0 Å². The van der Waals surface area contributed by atoms with Crippen molar-refractivity contribution in [2.45, 2.75) is 64.7 Å². The van der Waals surface area contributed by atoms with Gasteiger partial charge in [0.25, 0.3) is 0 Å². The predicted octanol–water partition coefficient (Wildman–Crippen LogP) is 5.07. The van der Waals surface area contributed by atoms with E-state index >= 15 is 0 Å². The summed E-state index contributed by atoms with van der Waals surface area (Å²) in [6, 6.07) is 0. The summed E-state index contributed by atoms with van der Waals surface area (Å²) in [5, 5.41) is 0. The molecule has 0 bridgehead atoms. The van der Waals surface area contributed by atoms with E-state index in [1.54, 1.807) is 0 Å². The van der Waals surface area contributed by atoms with Crippen LogP contribution in [0.25, 0.3) is 0 Å². The van der Waals surface area contributed by atoms with Crippen LogP contribution in [0, 0.1) is 29.1 Å². The van der Waals surface area contributed by atoms with E-state index < -0.39 is 0 Å². The molecule has 5 atom stereocenters. The van der Waals surface area contributed by atoms with Crippen LogP contribution in [0.4, 0.5) is 0 Å². The molecule has 0 heterocycles. The molecule has 0 radical (unpaired) electrons. The number of carbonyl (C=O) groups excluding carboxylic acids is 1. The number of hydrogen-bond donors (Lipinski definition) is 0. The molecular weight excluding hydrogens is 256 g/mol. The third-order valence-electron chi connectivity index (χ3n) is 7.45. The Hall–Kier alpha value is -0.850. The van der Waals surface area contributed by atoms with E-state index in [9.17, 15) is 4.79 Å². The van der Waals surface area contributed by atoms with Crippen LogP contribution in [0.2, 0.25) is 0 Å². The molecule has 4 aliphatic rings. The van der Waals surface area contributed by atoms with Crippen molar-refractivity contribution in [3.8, 4) is 0 Å². The van der Waals surface area contributed by atoms with E-state index in [0.29, 0.717) is 11.2 Å². The molecule has 0 aliphatic heterocycles. The fourth-order valence-corrected chi connectivity index (χ4v) is 6.50. The van der Waals surface area contributed by atoms with Gasteiger partial charge in [-0.25, -0.2) is 0 Å². The minimum atomic E-state index is 0.382. The number of ketones is 1. The molecule has 0 saturated heterocycles. The standard InChI is InChI=1S/C20H28O/c1-3-20-9-8-17-16-7-5-15(21)11-14(16)4-6-18(17)19(20)10-13(2)12-20/h11,16-19H,2-10,12H2,1H3/t16-,17+,18+,19-,20+/m0/s1. The van der Waals surface area contributed by atoms with Gasteiger partial charge < -0.3 is 0 Å². The molecule has 1 heteroatoms. The van der Waals surface area contributed by atoms with Gasteiger partial charge in [0.2, 0.25) is 0 Å². The fourth-order valence-electron chi connectivity index (χ4n) is 6.50. The first-order valence-corrected chi connectivity index (χ1v) is 9.03. The highest BCUT2D eigenvalue weighted by molar-refractivity contribution is 5.91. The minimum absolute atomic E-state index is 0.382. The normalized spacial score (nSPS) is 45.7. The van der Waals surface area contributed by atoms with Crippen molar-refractivity contribution in [1.29, 1.82) is 0 Å². The second kappa shape index (κ2) is 4.83. The van der Waals surface area contributed by atoms with Gasteiger partial charge in [0.1, 0.15) is 0 Å². The topological polar surface area (TPSA) is 17.1 Å². The van der Waals surface area contributed by atoms with Crippen molar-refractivity contribution < 1.29 is 4.79 Å². The molecule has 0 aromatic rings. The number of rotatable bonds is 1. The molecule has 3 fully saturated rings. The highest BCUT2D eigenvalue weighted by Gasteiger charge is 2.54. The van der Waals surface area contributed by atoms with E-state index in [-0.39, 0.29) is 0 Å². The fraction of sp³-hybridized carbons (Fsp3) is 0.750. The van der Waals surface area contributed by atoms with Crippen LogP contribution < -0.4 is 0 Å². The Labute approximate surface area is 128 Å². The zero-order chi connectivity index (χ0) is 14.6.